The minimum atomic E-state index is -0.586. The molecule has 0 bridgehead atoms. The summed E-state index contributed by atoms with van der Waals surface area (Å²) in [6.07, 6.45) is -0.549. The van der Waals surface area contributed by atoms with E-state index in [0.29, 0.717) is 5.56 Å². The lowest BCUT2D eigenvalue weighted by Gasteiger charge is -2.41. The number of nitrogens with zero attached hydrogens (tertiary/aromatic N) is 2. The lowest BCUT2D eigenvalue weighted by molar-refractivity contribution is -0.384. The standard InChI is InChI=1S/C16H16N2O6S2/c1-3-25-16-11(17-13(19)12(23-2)14(17)26-16)15(20)24-8-9-4-6-10(7-5-9)18(21)22/h4-7,12,14H,3,8H2,1-2H3/t12-,14+/m0/s1. The number of carbonyl (C=O) groups is 2. The van der Waals surface area contributed by atoms with Gasteiger partial charge in [-0.15, -0.1) is 11.8 Å². The number of ether oxygens (including phenoxy) is 2. The Kier molecular flexibility index (Phi) is 5.54. The molecule has 0 radical (unpaired) electrons. The lowest BCUT2D eigenvalue weighted by atomic mass is 10.1. The van der Waals surface area contributed by atoms with Crippen molar-refractivity contribution in [1.82, 2.24) is 4.90 Å². The van der Waals surface area contributed by atoms with Gasteiger partial charge in [-0.3, -0.25) is 19.8 Å². The topological polar surface area (TPSA) is 99.0 Å². The number of non-ortho nitro benzene ring substituents is 1. The van der Waals surface area contributed by atoms with Gasteiger partial charge < -0.3 is 9.47 Å². The van der Waals surface area contributed by atoms with Gasteiger partial charge in [0.25, 0.3) is 11.6 Å². The summed E-state index contributed by atoms with van der Waals surface area (Å²) >= 11 is 2.91. The molecule has 1 aromatic carbocycles. The molecule has 2 aliphatic rings. The van der Waals surface area contributed by atoms with E-state index in [2.05, 4.69) is 0 Å². The van der Waals surface area contributed by atoms with Gasteiger partial charge in [-0.2, -0.15) is 0 Å². The van der Waals surface area contributed by atoms with Crippen LogP contribution in [-0.2, 0) is 25.7 Å². The van der Waals surface area contributed by atoms with Crippen molar-refractivity contribution < 1.29 is 24.0 Å². The minimum absolute atomic E-state index is 0.0313. The zero-order chi connectivity index (χ0) is 18.8. The van der Waals surface area contributed by atoms with Crippen molar-refractivity contribution in [3.05, 3.63) is 49.9 Å². The normalized spacial score (nSPS) is 21.5. The second-order valence-corrected chi connectivity index (χ2v) is 8.10. The number of nitro benzene ring substituents is 1. The highest BCUT2D eigenvalue weighted by molar-refractivity contribution is 8.22. The summed E-state index contributed by atoms with van der Waals surface area (Å²) < 4.78 is 11.3. The number of benzene rings is 1. The number of carbonyl (C=O) groups excluding carboxylic acids is 2. The first-order chi connectivity index (χ1) is 12.5. The molecule has 138 valence electrons. The molecule has 10 heteroatoms. The Hall–Kier alpha value is -2.04. The Labute approximate surface area is 158 Å². The molecule has 1 saturated heterocycles. The summed E-state index contributed by atoms with van der Waals surface area (Å²) in [6, 6.07) is 5.77. The average Bonchev–Trinajstić information content (AvgIpc) is 2.95. The van der Waals surface area contributed by atoms with E-state index < -0.39 is 17.0 Å². The number of nitro groups is 1. The van der Waals surface area contributed by atoms with E-state index in [0.717, 1.165) is 9.99 Å². The lowest BCUT2D eigenvalue weighted by Crippen LogP contribution is -2.61. The third-order valence-electron chi connectivity index (χ3n) is 3.90. The van der Waals surface area contributed by atoms with E-state index in [-0.39, 0.29) is 29.3 Å². The SMILES string of the molecule is CCSC1=C(C(=O)OCc2ccc([N+](=O)[O-])cc2)N2C(=O)[C@H](OC)[C@H]2S1. The van der Waals surface area contributed by atoms with Crippen LogP contribution in [0, 0.1) is 10.1 Å². The molecule has 2 heterocycles. The monoisotopic (exact) mass is 396 g/mol. The zero-order valence-electron chi connectivity index (χ0n) is 14.0. The Morgan fingerprint density at radius 3 is 2.65 bits per heavy atom. The number of esters is 1. The molecule has 2 atom stereocenters. The van der Waals surface area contributed by atoms with Crippen molar-refractivity contribution in [3.8, 4) is 0 Å². The van der Waals surface area contributed by atoms with Crippen LogP contribution in [0.15, 0.2) is 34.2 Å². The fraction of sp³-hybridized carbons (Fsp3) is 0.375. The summed E-state index contributed by atoms with van der Waals surface area (Å²) in [7, 11) is 1.47. The van der Waals surface area contributed by atoms with Gasteiger partial charge in [0.1, 0.15) is 12.0 Å². The van der Waals surface area contributed by atoms with Crippen molar-refractivity contribution in [2.45, 2.75) is 25.0 Å². The van der Waals surface area contributed by atoms with Gasteiger partial charge in [-0.1, -0.05) is 18.7 Å². The van der Waals surface area contributed by atoms with E-state index in [1.54, 1.807) is 0 Å². The Bertz CT molecular complexity index is 779. The highest BCUT2D eigenvalue weighted by Crippen LogP contribution is 2.51. The first kappa shape index (κ1) is 18.7. The van der Waals surface area contributed by atoms with Gasteiger partial charge in [0.15, 0.2) is 11.8 Å². The van der Waals surface area contributed by atoms with Crippen molar-refractivity contribution in [3.63, 3.8) is 0 Å². The Morgan fingerprint density at radius 2 is 2.08 bits per heavy atom. The summed E-state index contributed by atoms with van der Waals surface area (Å²) in [6.45, 7) is 1.93. The van der Waals surface area contributed by atoms with Crippen LogP contribution in [0.25, 0.3) is 0 Å². The maximum absolute atomic E-state index is 12.6. The largest absolute Gasteiger partial charge is 0.456 e. The van der Waals surface area contributed by atoms with Crippen molar-refractivity contribution in [1.29, 1.82) is 0 Å². The smallest absolute Gasteiger partial charge is 0.357 e. The predicted molar refractivity (Wildman–Crippen MR) is 97.1 cm³/mol. The van der Waals surface area contributed by atoms with Crippen LogP contribution in [0.4, 0.5) is 5.69 Å². The summed E-state index contributed by atoms with van der Waals surface area (Å²) in [5, 5.41) is 10.4. The highest BCUT2D eigenvalue weighted by Gasteiger charge is 2.57. The number of amides is 1. The Morgan fingerprint density at radius 1 is 1.38 bits per heavy atom. The van der Waals surface area contributed by atoms with E-state index in [4.69, 9.17) is 9.47 Å². The predicted octanol–water partition coefficient (Wildman–Crippen LogP) is 2.49. The van der Waals surface area contributed by atoms with Crippen LogP contribution >= 0.6 is 23.5 Å². The summed E-state index contributed by atoms with van der Waals surface area (Å²) in [5.74, 6) is -0.0791. The first-order valence-electron chi connectivity index (χ1n) is 7.78. The molecule has 2 aliphatic heterocycles. The maximum atomic E-state index is 12.6. The molecule has 0 saturated carbocycles. The van der Waals surface area contributed by atoms with Crippen molar-refractivity contribution in [2.75, 3.05) is 12.9 Å². The molecule has 0 unspecified atom stereocenters. The highest BCUT2D eigenvalue weighted by atomic mass is 32.2. The van der Waals surface area contributed by atoms with E-state index >= 15 is 0 Å². The fourth-order valence-electron chi connectivity index (χ4n) is 2.62. The van der Waals surface area contributed by atoms with Gasteiger partial charge >= 0.3 is 5.97 Å². The maximum Gasteiger partial charge on any atom is 0.357 e. The van der Waals surface area contributed by atoms with Crippen LogP contribution in [-0.4, -0.2) is 46.0 Å². The molecule has 1 fully saturated rings. The van der Waals surface area contributed by atoms with Crippen LogP contribution in [0.2, 0.25) is 0 Å². The third-order valence-corrected chi connectivity index (χ3v) is 6.39. The molecule has 0 spiro atoms. The van der Waals surface area contributed by atoms with Gasteiger partial charge in [0.05, 0.1) is 9.16 Å². The van der Waals surface area contributed by atoms with E-state index in [9.17, 15) is 19.7 Å². The molecule has 1 amide bonds. The van der Waals surface area contributed by atoms with E-state index in [1.165, 1.54) is 59.8 Å². The molecule has 0 N–H and O–H groups in total. The van der Waals surface area contributed by atoms with Crippen LogP contribution in [0.5, 0.6) is 0 Å². The molecular weight excluding hydrogens is 380 g/mol. The van der Waals surface area contributed by atoms with Crippen LogP contribution < -0.4 is 0 Å². The second-order valence-electron chi connectivity index (χ2n) is 5.44. The van der Waals surface area contributed by atoms with Crippen molar-refractivity contribution >= 4 is 41.1 Å². The summed E-state index contributed by atoms with van der Waals surface area (Å²) in [5.41, 5.74) is 0.851. The third kappa shape index (κ3) is 3.31. The number of thioether (sulfide) groups is 2. The summed E-state index contributed by atoms with van der Waals surface area (Å²) in [4.78, 5) is 36.3. The quantitative estimate of drug-likeness (QED) is 0.300. The molecule has 0 aromatic heterocycles. The second kappa shape index (κ2) is 7.68. The van der Waals surface area contributed by atoms with Gasteiger partial charge in [-0.05, 0) is 23.4 Å². The van der Waals surface area contributed by atoms with Crippen LogP contribution in [0.3, 0.4) is 0 Å². The van der Waals surface area contributed by atoms with Gasteiger partial charge in [0.2, 0.25) is 0 Å². The number of fused-ring (bicyclic) bond motifs is 1. The van der Waals surface area contributed by atoms with Crippen molar-refractivity contribution in [2.24, 2.45) is 0 Å². The number of rotatable bonds is 7. The Balaban J connectivity index is 1.70. The molecular formula is C16H16N2O6S2. The molecule has 1 aromatic rings. The average molecular weight is 396 g/mol. The van der Waals surface area contributed by atoms with Crippen LogP contribution in [0.1, 0.15) is 12.5 Å². The van der Waals surface area contributed by atoms with Gasteiger partial charge in [-0.25, -0.2) is 4.79 Å². The first-order valence-corrected chi connectivity index (χ1v) is 9.64. The number of hydrogen-bond acceptors (Lipinski definition) is 8. The molecule has 0 aliphatic carbocycles. The molecule has 3 rings (SSSR count). The molecule has 26 heavy (non-hydrogen) atoms. The number of hydrogen-bond donors (Lipinski definition) is 0. The van der Waals surface area contributed by atoms with Gasteiger partial charge in [0, 0.05) is 19.2 Å². The fourth-order valence-corrected chi connectivity index (χ4v) is 5.30. The molecule has 8 nitrogen and oxygen atoms in total. The zero-order valence-corrected chi connectivity index (χ0v) is 15.7. The number of methoxy groups -OCH3 is 1. The minimum Gasteiger partial charge on any atom is -0.456 e. The number of β-lactam (4-membered cyclic amide) rings is 1. The van der Waals surface area contributed by atoms with E-state index in [1.807, 2.05) is 6.92 Å².